The van der Waals surface area contributed by atoms with Crippen molar-refractivity contribution in [1.82, 2.24) is 9.38 Å². The quantitative estimate of drug-likeness (QED) is 0.796. The van der Waals surface area contributed by atoms with Gasteiger partial charge in [-0.25, -0.2) is 4.98 Å². The summed E-state index contributed by atoms with van der Waals surface area (Å²) in [6.07, 6.45) is 5.58. The predicted octanol–water partition coefficient (Wildman–Crippen LogP) is 2.55. The highest BCUT2D eigenvalue weighted by atomic mass is 32.1. The van der Waals surface area contributed by atoms with Crippen LogP contribution in [-0.4, -0.2) is 15.2 Å². The molecule has 4 heteroatoms. The van der Waals surface area contributed by atoms with Gasteiger partial charge < -0.3 is 4.79 Å². The summed E-state index contributed by atoms with van der Waals surface area (Å²) in [5.41, 5.74) is 1.08. The smallest absolute Gasteiger partial charge is 0.193 e. The van der Waals surface area contributed by atoms with Crippen molar-refractivity contribution in [1.29, 1.82) is 0 Å². The maximum absolute atomic E-state index is 10.9. The number of thiazole rings is 1. The number of fused-ring (bicyclic) bond motifs is 1. The Labute approximate surface area is 92.8 Å². The van der Waals surface area contributed by atoms with Gasteiger partial charge in [0.05, 0.1) is 5.69 Å². The van der Waals surface area contributed by atoms with E-state index in [4.69, 9.17) is 0 Å². The van der Waals surface area contributed by atoms with Gasteiger partial charge in [0, 0.05) is 24.2 Å². The van der Waals surface area contributed by atoms with Gasteiger partial charge in [-0.15, -0.1) is 11.3 Å². The Morgan fingerprint density at radius 1 is 1.67 bits per heavy atom. The van der Waals surface area contributed by atoms with E-state index in [0.29, 0.717) is 12.3 Å². The molecular formula is C11H14N2OS. The zero-order valence-corrected chi connectivity index (χ0v) is 9.75. The van der Waals surface area contributed by atoms with Crippen LogP contribution in [0.25, 0.3) is 4.96 Å². The third-order valence-corrected chi connectivity index (χ3v) is 3.11. The molecule has 0 spiro atoms. The molecule has 2 aromatic rings. The Balaban J connectivity index is 2.05. The molecule has 0 aliphatic heterocycles. The molecule has 0 saturated heterocycles. The summed E-state index contributed by atoms with van der Waals surface area (Å²) in [6, 6.07) is 0. The summed E-state index contributed by atoms with van der Waals surface area (Å²) >= 11 is 1.63. The second-order valence-corrected chi connectivity index (χ2v) is 4.91. The number of Topliss-reactive ketones (excluding diaryl/α,β-unsaturated/α-hetero) is 1. The topological polar surface area (TPSA) is 34.4 Å². The van der Waals surface area contributed by atoms with Gasteiger partial charge in [0.25, 0.3) is 0 Å². The molecule has 0 saturated carbocycles. The highest BCUT2D eigenvalue weighted by Gasteiger charge is 2.09. The summed E-state index contributed by atoms with van der Waals surface area (Å²) in [7, 11) is 0. The molecule has 1 unspecified atom stereocenters. The molecule has 0 aliphatic carbocycles. The second kappa shape index (κ2) is 4.14. The highest BCUT2D eigenvalue weighted by molar-refractivity contribution is 7.15. The Hall–Kier alpha value is -1.16. The van der Waals surface area contributed by atoms with Crippen LogP contribution in [0, 0.1) is 5.92 Å². The van der Waals surface area contributed by atoms with E-state index in [2.05, 4.69) is 11.9 Å². The van der Waals surface area contributed by atoms with Crippen LogP contribution < -0.4 is 0 Å². The van der Waals surface area contributed by atoms with E-state index in [1.165, 1.54) is 0 Å². The fraction of sp³-hybridized carbons (Fsp3) is 0.455. The van der Waals surface area contributed by atoms with Crippen LogP contribution in [0.2, 0.25) is 0 Å². The molecule has 2 rings (SSSR count). The van der Waals surface area contributed by atoms with Gasteiger partial charge in [0.1, 0.15) is 5.78 Å². The van der Waals surface area contributed by atoms with Crippen LogP contribution >= 0.6 is 11.3 Å². The summed E-state index contributed by atoms with van der Waals surface area (Å²) in [6.45, 7) is 3.73. The van der Waals surface area contributed by atoms with E-state index in [0.717, 1.165) is 17.1 Å². The monoisotopic (exact) mass is 222 g/mol. The molecule has 0 amide bonds. The molecule has 3 nitrogen and oxygen atoms in total. The standard InChI is InChI=1S/C11H14N2OS/c1-8(5-9(2)14)6-10-7-13-3-4-15-11(13)12-10/h3-4,7-8H,5-6H2,1-2H3. The van der Waals surface area contributed by atoms with E-state index in [1.807, 2.05) is 22.2 Å². The molecule has 2 heterocycles. The summed E-state index contributed by atoms with van der Waals surface area (Å²) in [5, 5.41) is 2.02. The van der Waals surface area contributed by atoms with E-state index in [9.17, 15) is 4.79 Å². The molecule has 80 valence electrons. The summed E-state index contributed by atoms with van der Waals surface area (Å²) in [4.78, 5) is 16.5. The number of imidazole rings is 1. The fourth-order valence-electron chi connectivity index (χ4n) is 1.79. The minimum atomic E-state index is 0.253. The first kappa shape index (κ1) is 10.4. The van der Waals surface area contributed by atoms with Crippen molar-refractivity contribution < 1.29 is 4.79 Å². The lowest BCUT2D eigenvalue weighted by Crippen LogP contribution is -2.05. The molecule has 1 atom stereocenters. The maximum atomic E-state index is 10.9. The average Bonchev–Trinajstić information content (AvgIpc) is 2.60. The number of ketones is 1. The Kier molecular flexibility index (Phi) is 2.86. The molecule has 0 fully saturated rings. The summed E-state index contributed by atoms with van der Waals surface area (Å²) < 4.78 is 2.03. The third-order valence-electron chi connectivity index (χ3n) is 2.34. The number of nitrogens with zero attached hydrogens (tertiary/aromatic N) is 2. The fourth-order valence-corrected chi connectivity index (χ4v) is 2.51. The van der Waals surface area contributed by atoms with Crippen molar-refractivity contribution >= 4 is 22.1 Å². The minimum Gasteiger partial charge on any atom is -0.300 e. The Morgan fingerprint density at radius 3 is 3.13 bits per heavy atom. The SMILES string of the molecule is CC(=O)CC(C)Cc1cn2ccsc2n1. The zero-order valence-electron chi connectivity index (χ0n) is 8.93. The van der Waals surface area contributed by atoms with Crippen molar-refractivity contribution in [2.45, 2.75) is 26.7 Å². The lowest BCUT2D eigenvalue weighted by molar-refractivity contribution is -0.117. The molecular weight excluding hydrogens is 208 g/mol. The number of carbonyl (C=O) groups excluding carboxylic acids is 1. The van der Waals surface area contributed by atoms with E-state index >= 15 is 0 Å². The van der Waals surface area contributed by atoms with Crippen LogP contribution in [0.15, 0.2) is 17.8 Å². The number of aromatic nitrogens is 2. The van der Waals surface area contributed by atoms with Crippen molar-refractivity contribution in [3.05, 3.63) is 23.5 Å². The first-order chi connectivity index (χ1) is 7.15. The van der Waals surface area contributed by atoms with Gasteiger partial charge in [-0.2, -0.15) is 0 Å². The Morgan fingerprint density at radius 2 is 2.47 bits per heavy atom. The molecule has 0 N–H and O–H groups in total. The average molecular weight is 222 g/mol. The van der Waals surface area contributed by atoms with Gasteiger partial charge in [-0.3, -0.25) is 4.40 Å². The number of rotatable bonds is 4. The van der Waals surface area contributed by atoms with E-state index in [-0.39, 0.29) is 5.78 Å². The van der Waals surface area contributed by atoms with Crippen molar-refractivity contribution in [2.75, 3.05) is 0 Å². The summed E-state index contributed by atoms with van der Waals surface area (Å²) in [5.74, 6) is 0.635. The largest absolute Gasteiger partial charge is 0.300 e. The van der Waals surface area contributed by atoms with Crippen LogP contribution in [0.3, 0.4) is 0 Å². The predicted molar refractivity (Wildman–Crippen MR) is 61.2 cm³/mol. The first-order valence-corrected chi connectivity index (χ1v) is 5.93. The lowest BCUT2D eigenvalue weighted by Gasteiger charge is -2.05. The molecule has 0 bridgehead atoms. The molecule has 15 heavy (non-hydrogen) atoms. The van der Waals surface area contributed by atoms with Crippen molar-refractivity contribution in [2.24, 2.45) is 5.92 Å². The Bertz CT molecular complexity index is 443. The van der Waals surface area contributed by atoms with Crippen LogP contribution in [0.4, 0.5) is 0 Å². The van der Waals surface area contributed by atoms with Crippen LogP contribution in [0.1, 0.15) is 26.0 Å². The van der Waals surface area contributed by atoms with Crippen LogP contribution in [-0.2, 0) is 11.2 Å². The van der Waals surface area contributed by atoms with Crippen molar-refractivity contribution in [3.8, 4) is 0 Å². The third kappa shape index (κ3) is 2.45. The van der Waals surface area contributed by atoms with Gasteiger partial charge in [-0.05, 0) is 19.3 Å². The highest BCUT2D eigenvalue weighted by Crippen LogP contribution is 2.15. The number of hydrogen-bond donors (Lipinski definition) is 0. The van der Waals surface area contributed by atoms with Crippen LogP contribution in [0.5, 0.6) is 0 Å². The minimum absolute atomic E-state index is 0.253. The number of carbonyl (C=O) groups is 1. The normalized spacial score (nSPS) is 13.2. The molecule has 2 aromatic heterocycles. The van der Waals surface area contributed by atoms with Gasteiger partial charge in [0.15, 0.2) is 4.96 Å². The number of hydrogen-bond acceptors (Lipinski definition) is 3. The maximum Gasteiger partial charge on any atom is 0.193 e. The zero-order chi connectivity index (χ0) is 10.8. The molecule has 0 radical (unpaired) electrons. The first-order valence-electron chi connectivity index (χ1n) is 5.05. The molecule has 0 aliphatic rings. The lowest BCUT2D eigenvalue weighted by atomic mass is 10.0. The molecule has 0 aromatic carbocycles. The van der Waals surface area contributed by atoms with E-state index in [1.54, 1.807) is 18.3 Å². The van der Waals surface area contributed by atoms with Gasteiger partial charge >= 0.3 is 0 Å². The van der Waals surface area contributed by atoms with E-state index < -0.39 is 0 Å². The van der Waals surface area contributed by atoms with Gasteiger partial charge in [-0.1, -0.05) is 6.92 Å². The van der Waals surface area contributed by atoms with Crippen molar-refractivity contribution in [3.63, 3.8) is 0 Å². The van der Waals surface area contributed by atoms with Gasteiger partial charge in [0.2, 0.25) is 0 Å². The second-order valence-electron chi connectivity index (χ2n) is 4.04.